The number of rotatable bonds is 7. The van der Waals surface area contributed by atoms with E-state index in [0.29, 0.717) is 24.4 Å². The fourth-order valence-electron chi connectivity index (χ4n) is 3.57. The standard InChI is InChI=1S/C24H27FN2O4/c1-15(2)31-19-11-7-16(8-12-19)21-20(22(28)17-5-9-18(25)10-6-17)23(29)24(30)27(21)14-13-26(3)4/h5-12,15,21,28H,13-14H2,1-4H3/p+1/t21-/m0/s1. The summed E-state index contributed by atoms with van der Waals surface area (Å²) in [5.41, 5.74) is 0.970. The first kappa shape index (κ1) is 22.5. The van der Waals surface area contributed by atoms with Gasteiger partial charge in [0.05, 0.1) is 44.9 Å². The highest BCUT2D eigenvalue weighted by Crippen LogP contribution is 2.39. The Hall–Kier alpha value is -3.19. The predicted octanol–water partition coefficient (Wildman–Crippen LogP) is 2.18. The third-order valence-electron chi connectivity index (χ3n) is 5.08. The monoisotopic (exact) mass is 427 g/mol. The van der Waals surface area contributed by atoms with Crippen LogP contribution in [0.5, 0.6) is 5.75 Å². The number of carbonyl (C=O) groups excluding carboxylic acids is 2. The summed E-state index contributed by atoms with van der Waals surface area (Å²) in [7, 11) is 3.92. The molecule has 1 heterocycles. The SMILES string of the molecule is CC(C)Oc1ccc([C@H]2C(=C(O)c3ccc(F)cc3)C(=O)C(=O)N2CC[NH+](C)C)cc1. The normalized spacial score (nSPS) is 18.3. The molecule has 0 spiro atoms. The number of likely N-dealkylation sites (tertiary alicyclic amines) is 1. The van der Waals surface area contributed by atoms with Crippen LogP contribution in [0.2, 0.25) is 0 Å². The first-order valence-electron chi connectivity index (χ1n) is 10.3. The number of Topliss-reactive ketones (excluding diaryl/α,β-unsaturated/α-hetero) is 1. The lowest BCUT2D eigenvalue weighted by atomic mass is 9.95. The van der Waals surface area contributed by atoms with Crippen molar-refractivity contribution in [1.82, 2.24) is 4.90 Å². The molecule has 3 rings (SSSR count). The molecule has 0 saturated carbocycles. The van der Waals surface area contributed by atoms with Crippen molar-refractivity contribution in [1.29, 1.82) is 0 Å². The second-order valence-corrected chi connectivity index (χ2v) is 8.19. The molecule has 6 nitrogen and oxygen atoms in total. The van der Waals surface area contributed by atoms with Crippen LogP contribution in [0.4, 0.5) is 4.39 Å². The van der Waals surface area contributed by atoms with Gasteiger partial charge < -0.3 is 19.6 Å². The second-order valence-electron chi connectivity index (χ2n) is 8.19. The molecule has 31 heavy (non-hydrogen) atoms. The third-order valence-corrected chi connectivity index (χ3v) is 5.08. The number of ether oxygens (including phenoxy) is 1. The van der Waals surface area contributed by atoms with Gasteiger partial charge in [0.25, 0.3) is 11.7 Å². The number of aliphatic hydroxyl groups excluding tert-OH is 1. The molecule has 2 N–H and O–H groups in total. The summed E-state index contributed by atoms with van der Waals surface area (Å²) in [6, 6.07) is 11.6. The van der Waals surface area contributed by atoms with Gasteiger partial charge in [0.15, 0.2) is 0 Å². The summed E-state index contributed by atoms with van der Waals surface area (Å²) in [5, 5.41) is 10.9. The molecule has 1 amide bonds. The van der Waals surface area contributed by atoms with E-state index in [1.807, 2.05) is 27.9 Å². The summed E-state index contributed by atoms with van der Waals surface area (Å²) in [6.45, 7) is 4.83. The Labute approximate surface area is 181 Å². The van der Waals surface area contributed by atoms with Crippen LogP contribution >= 0.6 is 0 Å². The number of nitrogens with one attached hydrogen (secondary N) is 1. The maximum Gasteiger partial charge on any atom is 0.295 e. The van der Waals surface area contributed by atoms with E-state index in [4.69, 9.17) is 4.74 Å². The number of likely N-dealkylation sites (N-methyl/N-ethyl adjacent to an activating group) is 1. The minimum atomic E-state index is -0.747. The number of aliphatic hydroxyl groups is 1. The quantitative estimate of drug-likeness (QED) is 0.404. The number of nitrogens with zero attached hydrogens (tertiary/aromatic N) is 1. The number of carbonyl (C=O) groups is 2. The van der Waals surface area contributed by atoms with Gasteiger partial charge in [0.2, 0.25) is 0 Å². The topological polar surface area (TPSA) is 71.3 Å². The zero-order valence-electron chi connectivity index (χ0n) is 18.2. The number of amides is 1. The van der Waals surface area contributed by atoms with E-state index < -0.39 is 23.5 Å². The Kier molecular flexibility index (Phi) is 6.75. The Morgan fingerprint density at radius 3 is 2.26 bits per heavy atom. The lowest BCUT2D eigenvalue weighted by Crippen LogP contribution is -3.06. The van der Waals surface area contributed by atoms with Crippen LogP contribution in [0.1, 0.15) is 31.0 Å². The van der Waals surface area contributed by atoms with Crippen molar-refractivity contribution in [3.63, 3.8) is 0 Å². The van der Waals surface area contributed by atoms with E-state index in [1.165, 1.54) is 29.2 Å². The molecule has 7 heteroatoms. The number of ketones is 1. The number of benzene rings is 2. The Morgan fingerprint density at radius 1 is 1.10 bits per heavy atom. The lowest BCUT2D eigenvalue weighted by molar-refractivity contribution is -0.857. The fraction of sp³-hybridized carbons (Fsp3) is 0.333. The first-order chi connectivity index (χ1) is 14.7. The van der Waals surface area contributed by atoms with E-state index in [-0.39, 0.29) is 23.0 Å². The molecular weight excluding hydrogens is 399 g/mol. The van der Waals surface area contributed by atoms with Crippen molar-refractivity contribution in [2.24, 2.45) is 0 Å². The summed E-state index contributed by atoms with van der Waals surface area (Å²) in [6.07, 6.45) is 0.0121. The van der Waals surface area contributed by atoms with Crippen LogP contribution in [0, 0.1) is 5.82 Å². The van der Waals surface area contributed by atoms with Crippen molar-refractivity contribution in [2.75, 3.05) is 27.2 Å². The van der Waals surface area contributed by atoms with Crippen molar-refractivity contribution >= 4 is 17.4 Å². The lowest BCUT2D eigenvalue weighted by Gasteiger charge is -2.26. The molecule has 0 aromatic heterocycles. The molecule has 0 bridgehead atoms. The van der Waals surface area contributed by atoms with Crippen molar-refractivity contribution in [2.45, 2.75) is 26.0 Å². The minimum Gasteiger partial charge on any atom is -0.507 e. The van der Waals surface area contributed by atoms with E-state index in [9.17, 15) is 19.1 Å². The maximum absolute atomic E-state index is 13.3. The van der Waals surface area contributed by atoms with Crippen molar-refractivity contribution in [3.05, 3.63) is 71.0 Å². The number of halogens is 1. The van der Waals surface area contributed by atoms with Gasteiger partial charge in [-0.2, -0.15) is 0 Å². The molecule has 0 aliphatic carbocycles. The Morgan fingerprint density at radius 2 is 1.71 bits per heavy atom. The average molecular weight is 427 g/mol. The molecule has 164 valence electrons. The maximum atomic E-state index is 13.3. The Balaban J connectivity index is 2.08. The molecule has 0 unspecified atom stereocenters. The molecule has 1 aliphatic heterocycles. The molecule has 1 atom stereocenters. The smallest absolute Gasteiger partial charge is 0.295 e. The van der Waals surface area contributed by atoms with Gasteiger partial charge in [-0.15, -0.1) is 0 Å². The molecular formula is C24H28FN2O4+. The van der Waals surface area contributed by atoms with Crippen LogP contribution in [0.25, 0.3) is 5.76 Å². The first-order valence-corrected chi connectivity index (χ1v) is 10.3. The van der Waals surface area contributed by atoms with Crippen LogP contribution in [-0.4, -0.2) is 55.0 Å². The van der Waals surface area contributed by atoms with Gasteiger partial charge in [-0.3, -0.25) is 9.59 Å². The number of quaternary nitrogens is 1. The fourth-order valence-corrected chi connectivity index (χ4v) is 3.57. The highest BCUT2D eigenvalue weighted by atomic mass is 19.1. The molecule has 2 aromatic carbocycles. The second kappa shape index (κ2) is 9.31. The molecule has 0 radical (unpaired) electrons. The van der Waals surface area contributed by atoms with Gasteiger partial charge in [0, 0.05) is 5.56 Å². The molecule has 1 saturated heterocycles. The largest absolute Gasteiger partial charge is 0.507 e. The van der Waals surface area contributed by atoms with E-state index in [2.05, 4.69) is 0 Å². The van der Waals surface area contributed by atoms with Crippen LogP contribution in [0.3, 0.4) is 0 Å². The zero-order valence-corrected chi connectivity index (χ0v) is 18.2. The summed E-state index contributed by atoms with van der Waals surface area (Å²) in [5.74, 6) is -1.50. The van der Waals surface area contributed by atoms with Gasteiger partial charge in [-0.1, -0.05) is 12.1 Å². The average Bonchev–Trinajstić information content (AvgIpc) is 2.97. The highest BCUT2D eigenvalue weighted by molar-refractivity contribution is 6.46. The van der Waals surface area contributed by atoms with Crippen LogP contribution in [-0.2, 0) is 9.59 Å². The van der Waals surface area contributed by atoms with Crippen LogP contribution in [0.15, 0.2) is 54.1 Å². The summed E-state index contributed by atoms with van der Waals surface area (Å²) >= 11 is 0. The van der Waals surface area contributed by atoms with Crippen molar-refractivity contribution in [3.8, 4) is 5.75 Å². The molecule has 1 aliphatic rings. The summed E-state index contributed by atoms with van der Waals surface area (Å²) in [4.78, 5) is 28.4. The minimum absolute atomic E-state index is 0.00268. The van der Waals surface area contributed by atoms with Crippen LogP contribution < -0.4 is 9.64 Å². The summed E-state index contributed by atoms with van der Waals surface area (Å²) < 4.78 is 19.0. The van der Waals surface area contributed by atoms with E-state index >= 15 is 0 Å². The van der Waals surface area contributed by atoms with Gasteiger partial charge in [-0.25, -0.2) is 4.39 Å². The van der Waals surface area contributed by atoms with Gasteiger partial charge in [0.1, 0.15) is 17.3 Å². The number of hydrogen-bond acceptors (Lipinski definition) is 4. The zero-order chi connectivity index (χ0) is 22.7. The predicted molar refractivity (Wildman–Crippen MR) is 115 cm³/mol. The van der Waals surface area contributed by atoms with Crippen molar-refractivity contribution < 1.29 is 28.7 Å². The third kappa shape index (κ3) is 4.94. The number of hydrogen-bond donors (Lipinski definition) is 2. The Bertz CT molecular complexity index is 982. The van der Waals surface area contributed by atoms with Gasteiger partial charge >= 0.3 is 0 Å². The molecule has 2 aromatic rings. The highest BCUT2D eigenvalue weighted by Gasteiger charge is 2.46. The molecule has 1 fully saturated rings. The van der Waals surface area contributed by atoms with E-state index in [1.54, 1.807) is 24.3 Å². The van der Waals surface area contributed by atoms with Gasteiger partial charge in [-0.05, 0) is 55.8 Å². The van der Waals surface area contributed by atoms with E-state index in [0.717, 1.165) is 4.90 Å².